The smallest absolute Gasteiger partial charge is 0.404 e. The predicted molar refractivity (Wildman–Crippen MR) is 110 cm³/mol. The van der Waals surface area contributed by atoms with Gasteiger partial charge in [0.15, 0.2) is 21.8 Å². The number of benzene rings is 1. The van der Waals surface area contributed by atoms with E-state index >= 15 is 0 Å². The van der Waals surface area contributed by atoms with Crippen molar-refractivity contribution in [2.75, 3.05) is 17.6 Å². The number of hydrogen-bond acceptors (Lipinski definition) is 8. The zero-order chi connectivity index (χ0) is 20.3. The highest BCUT2D eigenvalue weighted by molar-refractivity contribution is 7.98. The normalized spacial score (nSPS) is 12.1. The molecule has 0 spiro atoms. The molecule has 3 aromatic rings. The third-order valence-electron chi connectivity index (χ3n) is 3.58. The highest BCUT2D eigenvalue weighted by Crippen LogP contribution is 2.32. The van der Waals surface area contributed by atoms with Gasteiger partial charge in [-0.3, -0.25) is 0 Å². The highest BCUT2D eigenvalue weighted by atomic mass is 35.5. The van der Waals surface area contributed by atoms with Crippen LogP contribution in [0.4, 0.5) is 20.1 Å². The molecule has 148 valence electrons. The molecule has 0 fully saturated rings. The van der Waals surface area contributed by atoms with Crippen LogP contribution in [-0.4, -0.2) is 38.7 Å². The number of aromatic nitrogens is 3. The molecule has 0 unspecified atom stereocenters. The molecule has 1 aromatic carbocycles. The van der Waals surface area contributed by atoms with Crippen LogP contribution in [0.15, 0.2) is 23.4 Å². The summed E-state index contributed by atoms with van der Waals surface area (Å²) in [5.41, 5.74) is 6.65. The van der Waals surface area contributed by atoms with Gasteiger partial charge in [0.25, 0.3) is 0 Å². The van der Waals surface area contributed by atoms with Gasteiger partial charge in [-0.05, 0) is 18.6 Å². The molecule has 0 saturated heterocycles. The predicted octanol–water partition coefficient (Wildman–Crippen LogP) is 3.82. The Morgan fingerprint density at radius 2 is 2.21 bits per heavy atom. The van der Waals surface area contributed by atoms with Gasteiger partial charge >= 0.3 is 6.09 Å². The molecule has 0 bridgehead atoms. The number of carbonyl (C=O) groups is 1. The van der Waals surface area contributed by atoms with Crippen molar-refractivity contribution in [1.29, 1.82) is 0 Å². The van der Waals surface area contributed by atoms with Gasteiger partial charge in [0, 0.05) is 18.3 Å². The molecule has 1 atom stereocenters. The van der Waals surface area contributed by atoms with Crippen LogP contribution in [0.2, 0.25) is 5.02 Å². The van der Waals surface area contributed by atoms with Crippen LogP contribution in [0.25, 0.3) is 10.3 Å². The Morgan fingerprint density at radius 3 is 2.96 bits per heavy atom. The van der Waals surface area contributed by atoms with Crippen molar-refractivity contribution in [2.24, 2.45) is 0 Å². The molecule has 12 heteroatoms. The van der Waals surface area contributed by atoms with Gasteiger partial charge in [-0.1, -0.05) is 46.8 Å². The summed E-state index contributed by atoms with van der Waals surface area (Å²) in [6, 6.07) is 4.57. The number of thiazole rings is 1. The Hall–Kier alpha value is -2.37. The molecule has 5 N–H and O–H groups in total. The van der Waals surface area contributed by atoms with Crippen LogP contribution in [0.1, 0.15) is 12.5 Å². The quantitative estimate of drug-likeness (QED) is 0.321. The molecule has 0 aliphatic carbocycles. The Balaban J connectivity index is 1.82. The zero-order valence-corrected chi connectivity index (χ0v) is 17.0. The van der Waals surface area contributed by atoms with E-state index in [2.05, 4.69) is 25.6 Å². The second-order valence-electron chi connectivity index (χ2n) is 5.79. The summed E-state index contributed by atoms with van der Waals surface area (Å²) in [5, 5.41) is 15.0. The van der Waals surface area contributed by atoms with Crippen LogP contribution in [0.5, 0.6) is 0 Å². The first kappa shape index (κ1) is 20.4. The topological polar surface area (TPSA) is 126 Å². The van der Waals surface area contributed by atoms with Crippen LogP contribution in [0, 0.1) is 5.82 Å². The van der Waals surface area contributed by atoms with Crippen molar-refractivity contribution in [2.45, 2.75) is 23.9 Å². The van der Waals surface area contributed by atoms with E-state index in [1.54, 1.807) is 12.1 Å². The fraction of sp³-hybridized carbons (Fsp3) is 0.250. The molecule has 0 radical (unpaired) electrons. The van der Waals surface area contributed by atoms with Gasteiger partial charge in [-0.15, -0.1) is 0 Å². The molecule has 0 saturated carbocycles. The Labute approximate surface area is 172 Å². The summed E-state index contributed by atoms with van der Waals surface area (Å²) < 4.78 is 14.7. The number of carboxylic acid groups (broad SMARTS) is 1. The highest BCUT2D eigenvalue weighted by Gasteiger charge is 2.16. The molecule has 0 aliphatic rings. The molecule has 1 amide bonds. The number of nitrogens with one attached hydrogen (secondary N) is 2. The van der Waals surface area contributed by atoms with E-state index in [9.17, 15) is 9.18 Å². The number of rotatable bonds is 7. The lowest BCUT2D eigenvalue weighted by atomic mass is 10.2. The number of anilines is 2. The number of amides is 1. The molecular formula is C16H16ClFN6O2S2. The largest absolute Gasteiger partial charge is 0.465 e. The van der Waals surface area contributed by atoms with Gasteiger partial charge in [0.2, 0.25) is 0 Å². The second-order valence-corrected chi connectivity index (χ2v) is 8.17. The third-order valence-corrected chi connectivity index (χ3v) is 5.65. The first-order valence-electron chi connectivity index (χ1n) is 8.06. The Morgan fingerprint density at radius 1 is 1.43 bits per heavy atom. The van der Waals surface area contributed by atoms with Crippen molar-refractivity contribution in [3.8, 4) is 0 Å². The van der Waals surface area contributed by atoms with Gasteiger partial charge in [0.05, 0.1) is 5.02 Å². The van der Waals surface area contributed by atoms with E-state index in [1.165, 1.54) is 29.2 Å². The van der Waals surface area contributed by atoms with E-state index in [0.29, 0.717) is 32.0 Å². The average molecular weight is 443 g/mol. The number of nitrogens with two attached hydrogens (primary N) is 1. The first-order valence-corrected chi connectivity index (χ1v) is 10.2. The fourth-order valence-corrected chi connectivity index (χ4v) is 4.04. The summed E-state index contributed by atoms with van der Waals surface area (Å²) in [5.74, 6) is 0.308. The van der Waals surface area contributed by atoms with Crippen molar-refractivity contribution in [3.05, 3.63) is 34.6 Å². The number of thioether (sulfide) groups is 1. The molecular weight excluding hydrogens is 427 g/mol. The summed E-state index contributed by atoms with van der Waals surface area (Å²) in [7, 11) is 0. The second kappa shape index (κ2) is 8.76. The average Bonchev–Trinajstić information content (AvgIpc) is 3.02. The van der Waals surface area contributed by atoms with E-state index in [4.69, 9.17) is 22.4 Å². The van der Waals surface area contributed by atoms with Gasteiger partial charge in [-0.25, -0.2) is 24.1 Å². The lowest BCUT2D eigenvalue weighted by Crippen LogP contribution is -2.33. The number of nitrogens with zero attached hydrogens (tertiary/aromatic N) is 3. The zero-order valence-electron chi connectivity index (χ0n) is 14.6. The lowest BCUT2D eigenvalue weighted by molar-refractivity contribution is 0.194. The Bertz CT molecular complexity index is 1020. The summed E-state index contributed by atoms with van der Waals surface area (Å²) >= 11 is 8.28. The summed E-state index contributed by atoms with van der Waals surface area (Å²) in [6.07, 6.45) is -1.11. The minimum absolute atomic E-state index is 0.0591. The van der Waals surface area contributed by atoms with Crippen molar-refractivity contribution >= 4 is 62.1 Å². The maximum atomic E-state index is 14.1. The summed E-state index contributed by atoms with van der Waals surface area (Å²) in [6.45, 7) is 1.99. The van der Waals surface area contributed by atoms with Crippen molar-refractivity contribution in [3.63, 3.8) is 0 Å². The molecule has 8 nitrogen and oxygen atoms in total. The molecule has 3 rings (SSSR count). The Kier molecular flexibility index (Phi) is 6.37. The van der Waals surface area contributed by atoms with Crippen LogP contribution >= 0.6 is 34.7 Å². The minimum atomic E-state index is -1.11. The lowest BCUT2D eigenvalue weighted by Gasteiger charge is -2.15. The molecule has 28 heavy (non-hydrogen) atoms. The monoisotopic (exact) mass is 442 g/mol. The van der Waals surface area contributed by atoms with Crippen LogP contribution in [0.3, 0.4) is 0 Å². The van der Waals surface area contributed by atoms with E-state index in [-0.39, 0.29) is 23.4 Å². The van der Waals surface area contributed by atoms with Crippen LogP contribution < -0.4 is 16.4 Å². The third kappa shape index (κ3) is 4.91. The van der Waals surface area contributed by atoms with Crippen molar-refractivity contribution in [1.82, 2.24) is 20.3 Å². The van der Waals surface area contributed by atoms with E-state index in [0.717, 1.165) is 0 Å². The number of nitrogen functional groups attached to an aromatic ring is 1. The van der Waals surface area contributed by atoms with E-state index in [1.807, 2.05) is 6.92 Å². The SMILES string of the molecule is C[C@H](CNC(=O)O)Nc1nc(SCc2cccc(Cl)c2F)nc2nc(N)sc12. The summed E-state index contributed by atoms with van der Waals surface area (Å²) in [4.78, 5) is 23.7. The maximum absolute atomic E-state index is 14.1. The number of hydrogen-bond donors (Lipinski definition) is 4. The fourth-order valence-electron chi connectivity index (χ4n) is 2.31. The van der Waals surface area contributed by atoms with Gasteiger partial charge in [-0.2, -0.15) is 0 Å². The minimum Gasteiger partial charge on any atom is -0.465 e. The van der Waals surface area contributed by atoms with E-state index < -0.39 is 11.9 Å². The van der Waals surface area contributed by atoms with Crippen LogP contribution in [-0.2, 0) is 5.75 Å². The maximum Gasteiger partial charge on any atom is 0.404 e. The number of halogens is 2. The first-order chi connectivity index (χ1) is 13.3. The van der Waals surface area contributed by atoms with Gasteiger partial charge in [0.1, 0.15) is 10.5 Å². The molecule has 2 aromatic heterocycles. The van der Waals surface area contributed by atoms with Gasteiger partial charge < -0.3 is 21.5 Å². The number of fused-ring (bicyclic) bond motifs is 1. The molecule has 2 heterocycles. The standard InChI is InChI=1S/C16H16ClFN6O2S2/c1-7(5-20-16(25)26)21-12-11-13(22-14(19)28-11)24-15(23-12)27-6-8-3-2-4-9(17)10(8)18/h2-4,7,20H,5-6H2,1H3,(H,25,26)(H3,19,21,22,23,24)/t7-/m1/s1. The van der Waals surface area contributed by atoms with Crippen molar-refractivity contribution < 1.29 is 14.3 Å². The molecule has 0 aliphatic heterocycles.